The molecule has 1 atom stereocenters. The van der Waals surface area contributed by atoms with Crippen LogP contribution in [0.5, 0.6) is 0 Å². The molecule has 35 heavy (non-hydrogen) atoms. The number of nitrogens with zero attached hydrogens (tertiary/aromatic N) is 3. The van der Waals surface area contributed by atoms with Gasteiger partial charge in [-0.1, -0.05) is 38.9 Å². The quantitative estimate of drug-likeness (QED) is 0.216. The topological polar surface area (TPSA) is 80.5 Å². The first kappa shape index (κ1) is 28.7. The Kier molecular flexibility index (Phi) is 11.5. The number of piperidine rings is 1. The molecule has 0 spiro atoms. The van der Waals surface area contributed by atoms with Crippen molar-refractivity contribution in [2.24, 2.45) is 11.8 Å². The minimum absolute atomic E-state index is 0.0489. The van der Waals surface area contributed by atoms with Crippen LogP contribution in [0.4, 0.5) is 6.01 Å². The van der Waals surface area contributed by atoms with Crippen LogP contribution in [0.25, 0.3) is 0 Å². The van der Waals surface area contributed by atoms with Gasteiger partial charge in [0.05, 0.1) is 12.4 Å². The Balaban J connectivity index is 1.83. The van der Waals surface area contributed by atoms with Gasteiger partial charge in [0, 0.05) is 30.6 Å². The van der Waals surface area contributed by atoms with Crippen molar-refractivity contribution < 1.29 is 14.1 Å². The Morgan fingerprint density at radius 1 is 1.17 bits per heavy atom. The average molecular weight is 487 g/mol. The molecule has 1 aromatic rings. The fourth-order valence-electron chi connectivity index (χ4n) is 4.28. The molecule has 1 fully saturated rings. The number of hydrogen-bond acceptors (Lipinski definition) is 6. The lowest BCUT2D eigenvalue weighted by Crippen LogP contribution is -2.36. The van der Waals surface area contributed by atoms with Gasteiger partial charge in [-0.3, -0.25) is 4.79 Å². The summed E-state index contributed by atoms with van der Waals surface area (Å²) in [5.74, 6) is 3.07. The van der Waals surface area contributed by atoms with Gasteiger partial charge in [0.2, 0.25) is 0 Å². The molecule has 1 aromatic heterocycles. The zero-order valence-corrected chi connectivity index (χ0v) is 23.1. The van der Waals surface area contributed by atoms with Gasteiger partial charge in [0.15, 0.2) is 5.82 Å². The second-order valence-corrected chi connectivity index (χ2v) is 10.3. The van der Waals surface area contributed by atoms with E-state index < -0.39 is 0 Å². The van der Waals surface area contributed by atoms with Crippen LogP contribution in [0.1, 0.15) is 92.8 Å². The molecular formula is C28H46N4O3. The fourth-order valence-corrected chi connectivity index (χ4v) is 4.28. The summed E-state index contributed by atoms with van der Waals surface area (Å²) >= 11 is 0. The Bertz CT molecular complexity index is 890. The average Bonchev–Trinajstić information content (AvgIpc) is 3.30. The van der Waals surface area contributed by atoms with Crippen molar-refractivity contribution in [3.05, 3.63) is 41.0 Å². The maximum Gasteiger partial charge on any atom is 0.324 e. The van der Waals surface area contributed by atoms with E-state index in [2.05, 4.69) is 54.1 Å². The van der Waals surface area contributed by atoms with E-state index in [0.717, 1.165) is 55.9 Å². The van der Waals surface area contributed by atoms with E-state index in [1.807, 2.05) is 39.8 Å². The second-order valence-electron chi connectivity index (χ2n) is 10.3. The molecule has 1 saturated heterocycles. The van der Waals surface area contributed by atoms with Gasteiger partial charge in [-0.25, -0.2) is 0 Å². The van der Waals surface area contributed by atoms with Crippen molar-refractivity contribution in [2.45, 2.75) is 93.0 Å². The number of anilines is 1. The number of aromatic nitrogens is 2. The van der Waals surface area contributed by atoms with Gasteiger partial charge in [-0.05, 0) is 82.9 Å². The van der Waals surface area contributed by atoms with Crippen molar-refractivity contribution in [3.8, 4) is 0 Å². The van der Waals surface area contributed by atoms with E-state index in [4.69, 9.17) is 9.26 Å². The summed E-state index contributed by atoms with van der Waals surface area (Å²) in [6.07, 6.45) is 9.99. The highest BCUT2D eigenvalue weighted by molar-refractivity contribution is 5.98. The molecule has 7 nitrogen and oxygen atoms in total. The molecule has 2 heterocycles. The minimum Gasteiger partial charge on any atom is -0.498 e. The Labute approximate surface area is 212 Å². The van der Waals surface area contributed by atoms with E-state index in [0.29, 0.717) is 30.0 Å². The number of allylic oxidation sites excluding steroid dienone is 4. The number of nitrogens with one attached hydrogen (secondary N) is 1. The van der Waals surface area contributed by atoms with Gasteiger partial charge in [-0.15, -0.1) is 0 Å². The highest BCUT2D eigenvalue weighted by Gasteiger charge is 2.26. The zero-order valence-electron chi connectivity index (χ0n) is 23.1. The Hall–Kier alpha value is -2.57. The van der Waals surface area contributed by atoms with Crippen LogP contribution >= 0.6 is 0 Å². The van der Waals surface area contributed by atoms with Crippen LogP contribution in [0.15, 0.2) is 39.7 Å². The first-order chi connectivity index (χ1) is 16.6. The molecule has 0 bridgehead atoms. The summed E-state index contributed by atoms with van der Waals surface area (Å²) in [7, 11) is 0. The molecule has 0 saturated carbocycles. The molecule has 1 aliphatic rings. The van der Waals surface area contributed by atoms with E-state index in [1.165, 1.54) is 0 Å². The van der Waals surface area contributed by atoms with Gasteiger partial charge in [-0.2, -0.15) is 4.98 Å². The smallest absolute Gasteiger partial charge is 0.324 e. The monoisotopic (exact) mass is 486 g/mol. The predicted octanol–water partition coefficient (Wildman–Crippen LogP) is 6.16. The third-order valence-corrected chi connectivity index (χ3v) is 6.55. The number of hydrogen-bond donors (Lipinski definition) is 1. The summed E-state index contributed by atoms with van der Waals surface area (Å²) in [6, 6.07) is 0.752. The molecule has 1 unspecified atom stereocenters. The molecule has 1 aliphatic heterocycles. The lowest BCUT2D eigenvalue weighted by atomic mass is 9.84. The highest BCUT2D eigenvalue weighted by atomic mass is 16.5. The molecule has 0 aliphatic carbocycles. The summed E-state index contributed by atoms with van der Waals surface area (Å²) in [6.45, 7) is 19.0. The maximum absolute atomic E-state index is 12.6. The highest BCUT2D eigenvalue weighted by Crippen LogP contribution is 2.29. The molecule has 1 N–H and O–H groups in total. The maximum atomic E-state index is 12.6. The first-order valence-corrected chi connectivity index (χ1v) is 13.2. The number of amides is 1. The number of rotatable bonds is 12. The second kappa shape index (κ2) is 14.1. The third-order valence-electron chi connectivity index (χ3n) is 6.55. The van der Waals surface area contributed by atoms with Crippen LogP contribution in [-0.4, -0.2) is 41.8 Å². The van der Waals surface area contributed by atoms with Gasteiger partial charge < -0.3 is 19.5 Å². The zero-order chi connectivity index (χ0) is 26.0. The van der Waals surface area contributed by atoms with Crippen LogP contribution in [0.3, 0.4) is 0 Å². The third kappa shape index (κ3) is 9.19. The SMILES string of the molecule is CC\C=C(C)/C(=C\C=C(/C)OCCC(C)C1CCN(c2nc(C(C)C)no2)CC1)C(=O)NC(C)C. The molecular weight excluding hydrogens is 440 g/mol. The van der Waals surface area contributed by atoms with Crippen LogP contribution in [0, 0.1) is 11.8 Å². The Morgan fingerprint density at radius 2 is 1.86 bits per heavy atom. The molecule has 0 aromatic carbocycles. The van der Waals surface area contributed by atoms with E-state index >= 15 is 0 Å². The van der Waals surface area contributed by atoms with Gasteiger partial charge in [0.25, 0.3) is 5.91 Å². The molecule has 0 radical (unpaired) electrons. The van der Waals surface area contributed by atoms with E-state index in [-0.39, 0.29) is 17.9 Å². The van der Waals surface area contributed by atoms with Crippen LogP contribution in [-0.2, 0) is 9.53 Å². The fraction of sp³-hybridized carbons (Fsp3) is 0.679. The van der Waals surface area contributed by atoms with Crippen LogP contribution in [0.2, 0.25) is 0 Å². The molecule has 7 heteroatoms. The summed E-state index contributed by atoms with van der Waals surface area (Å²) in [5, 5.41) is 7.07. The minimum atomic E-state index is -0.0489. The lowest BCUT2D eigenvalue weighted by molar-refractivity contribution is -0.117. The lowest BCUT2D eigenvalue weighted by Gasteiger charge is -2.33. The van der Waals surface area contributed by atoms with Gasteiger partial charge in [0.1, 0.15) is 0 Å². The largest absolute Gasteiger partial charge is 0.498 e. The van der Waals surface area contributed by atoms with Crippen molar-refractivity contribution in [3.63, 3.8) is 0 Å². The van der Waals surface area contributed by atoms with Crippen LogP contribution < -0.4 is 10.2 Å². The van der Waals surface area contributed by atoms with E-state index in [1.54, 1.807) is 0 Å². The number of carbonyl (C=O) groups is 1. The first-order valence-electron chi connectivity index (χ1n) is 13.2. The summed E-state index contributed by atoms with van der Waals surface area (Å²) in [5.41, 5.74) is 1.67. The van der Waals surface area contributed by atoms with Crippen molar-refractivity contribution >= 4 is 11.9 Å². The van der Waals surface area contributed by atoms with E-state index in [9.17, 15) is 4.79 Å². The molecule has 196 valence electrons. The predicted molar refractivity (Wildman–Crippen MR) is 142 cm³/mol. The van der Waals surface area contributed by atoms with Gasteiger partial charge >= 0.3 is 6.01 Å². The van der Waals surface area contributed by atoms with Crippen molar-refractivity contribution in [1.82, 2.24) is 15.5 Å². The number of ether oxygens (including phenoxy) is 1. The Morgan fingerprint density at radius 3 is 2.43 bits per heavy atom. The number of carbonyl (C=O) groups excluding carboxylic acids is 1. The van der Waals surface area contributed by atoms with Crippen molar-refractivity contribution in [2.75, 3.05) is 24.6 Å². The standard InChI is InChI=1S/C28H46N4O3/c1-9-10-22(7)25(27(33)29-20(4)5)12-11-23(8)34-18-15-21(6)24-13-16-32(17-14-24)28-30-26(19(2)3)31-35-28/h10-12,19-21,24H,9,13-18H2,1-8H3,(H,29,33)/b22-10-,23-11+,25-12+. The summed E-state index contributed by atoms with van der Waals surface area (Å²) < 4.78 is 11.5. The summed E-state index contributed by atoms with van der Waals surface area (Å²) in [4.78, 5) is 19.3. The molecule has 2 rings (SSSR count). The molecule has 1 amide bonds. The van der Waals surface area contributed by atoms with Crippen molar-refractivity contribution in [1.29, 1.82) is 0 Å². The normalized spacial score (nSPS) is 17.3.